The first-order chi connectivity index (χ1) is 7.95. The van der Waals surface area contributed by atoms with Gasteiger partial charge in [0.05, 0.1) is 6.61 Å². The van der Waals surface area contributed by atoms with E-state index >= 15 is 0 Å². The van der Waals surface area contributed by atoms with Crippen LogP contribution in [-0.2, 0) is 9.53 Å². The number of carbonyl (C=O) groups is 1. The smallest absolute Gasteiger partial charge is 0.339 e. The van der Waals surface area contributed by atoms with E-state index in [1.165, 1.54) is 0 Å². The zero-order valence-corrected chi connectivity index (χ0v) is 11.5. The van der Waals surface area contributed by atoms with E-state index in [4.69, 9.17) is 4.74 Å². The summed E-state index contributed by atoms with van der Waals surface area (Å²) in [6, 6.07) is 5.30. The summed E-state index contributed by atoms with van der Waals surface area (Å²) < 4.78 is 5.56. The third-order valence-electron chi connectivity index (χ3n) is 2.24. The van der Waals surface area contributed by atoms with Crippen LogP contribution in [0, 0.1) is 0 Å². The maximum absolute atomic E-state index is 11.4. The van der Waals surface area contributed by atoms with Crippen LogP contribution in [0.5, 0.6) is 0 Å². The van der Waals surface area contributed by atoms with Gasteiger partial charge in [0.2, 0.25) is 0 Å². The minimum atomic E-state index is -1.26. The lowest BCUT2D eigenvalue weighted by atomic mass is 10.0. The highest BCUT2D eigenvalue weighted by Crippen LogP contribution is 2.25. The molecule has 17 heavy (non-hydrogen) atoms. The second kappa shape index (κ2) is 5.98. The van der Waals surface area contributed by atoms with Crippen LogP contribution in [0.4, 0.5) is 0 Å². The van der Waals surface area contributed by atoms with Crippen LogP contribution in [0.25, 0.3) is 5.57 Å². The number of allylic oxidation sites excluding steroid dienone is 1. The van der Waals surface area contributed by atoms with E-state index in [0.29, 0.717) is 5.56 Å². The van der Waals surface area contributed by atoms with Crippen molar-refractivity contribution in [1.29, 1.82) is 0 Å². The molecule has 0 aliphatic carbocycles. The van der Waals surface area contributed by atoms with Gasteiger partial charge in [0, 0.05) is 4.47 Å². The number of ether oxygens (including phenoxy) is 1. The van der Waals surface area contributed by atoms with Crippen molar-refractivity contribution in [3.63, 3.8) is 0 Å². The van der Waals surface area contributed by atoms with E-state index in [-0.39, 0.29) is 6.61 Å². The van der Waals surface area contributed by atoms with E-state index in [0.717, 1.165) is 15.6 Å². The molecule has 1 rings (SSSR count). The number of carbonyl (C=O) groups excluding carboxylic acids is 1. The Morgan fingerprint density at radius 1 is 1.53 bits per heavy atom. The van der Waals surface area contributed by atoms with Crippen molar-refractivity contribution in [2.75, 3.05) is 6.61 Å². The molecule has 4 heteroatoms. The van der Waals surface area contributed by atoms with E-state index in [2.05, 4.69) is 22.5 Å². The predicted octanol–water partition coefficient (Wildman–Crippen LogP) is 3.08. The number of aliphatic hydroxyl groups is 1. The van der Waals surface area contributed by atoms with Crippen LogP contribution in [0.1, 0.15) is 31.1 Å². The van der Waals surface area contributed by atoms with Gasteiger partial charge in [0.1, 0.15) is 0 Å². The molecule has 92 valence electrons. The zero-order valence-electron chi connectivity index (χ0n) is 9.87. The Bertz CT molecular complexity index is 440. The number of hydrogen-bond acceptors (Lipinski definition) is 3. The van der Waals surface area contributed by atoms with E-state index in [1.807, 2.05) is 13.0 Å². The van der Waals surface area contributed by atoms with Crippen molar-refractivity contribution in [2.24, 2.45) is 0 Å². The number of halogens is 1. The number of aliphatic hydroxyl groups excluding tert-OH is 1. The van der Waals surface area contributed by atoms with Gasteiger partial charge in [-0.05, 0) is 43.2 Å². The minimum absolute atomic E-state index is 0.247. The first-order valence-corrected chi connectivity index (χ1v) is 6.06. The van der Waals surface area contributed by atoms with Gasteiger partial charge in [-0.25, -0.2) is 4.79 Å². The largest absolute Gasteiger partial charge is 0.464 e. The molecule has 0 amide bonds. The van der Waals surface area contributed by atoms with Gasteiger partial charge in [-0.15, -0.1) is 0 Å². The van der Waals surface area contributed by atoms with Crippen LogP contribution in [0.2, 0.25) is 0 Å². The molecule has 0 saturated carbocycles. The highest BCUT2D eigenvalue weighted by Gasteiger charge is 2.19. The van der Waals surface area contributed by atoms with Crippen molar-refractivity contribution >= 4 is 27.5 Å². The van der Waals surface area contributed by atoms with Gasteiger partial charge in [-0.3, -0.25) is 0 Å². The Morgan fingerprint density at radius 2 is 2.18 bits per heavy atom. The molecule has 0 radical (unpaired) electrons. The zero-order chi connectivity index (χ0) is 13.0. The molecule has 0 bridgehead atoms. The Labute approximate surface area is 109 Å². The van der Waals surface area contributed by atoms with Crippen LogP contribution in [0.3, 0.4) is 0 Å². The van der Waals surface area contributed by atoms with Crippen molar-refractivity contribution < 1.29 is 14.6 Å². The molecule has 0 aliphatic heterocycles. The van der Waals surface area contributed by atoms with Crippen molar-refractivity contribution in [3.05, 3.63) is 40.4 Å². The summed E-state index contributed by atoms with van der Waals surface area (Å²) in [5, 5.41) is 9.83. The molecule has 0 heterocycles. The predicted molar refractivity (Wildman–Crippen MR) is 70.4 cm³/mol. The molecule has 1 unspecified atom stereocenters. The van der Waals surface area contributed by atoms with Gasteiger partial charge in [0.15, 0.2) is 6.10 Å². The normalized spacial score (nSPS) is 12.0. The second-order valence-electron chi connectivity index (χ2n) is 3.71. The van der Waals surface area contributed by atoms with Crippen molar-refractivity contribution in [1.82, 2.24) is 0 Å². The average molecular weight is 299 g/mol. The molecule has 1 aromatic carbocycles. The Balaban J connectivity index is 3.05. The molecule has 0 fully saturated rings. The number of rotatable bonds is 4. The lowest BCUT2D eigenvalue weighted by molar-refractivity contribution is -0.153. The van der Waals surface area contributed by atoms with E-state index < -0.39 is 12.1 Å². The topological polar surface area (TPSA) is 46.5 Å². The SMILES string of the molecule is C=C(C)c1cc(Br)cc(C(O)C(=O)OCC)c1. The molecular weight excluding hydrogens is 284 g/mol. The maximum atomic E-state index is 11.4. The summed E-state index contributed by atoms with van der Waals surface area (Å²) in [5.74, 6) is -0.640. The molecule has 0 aliphatic rings. The summed E-state index contributed by atoms with van der Waals surface area (Å²) in [6.07, 6.45) is -1.26. The fourth-order valence-electron chi connectivity index (χ4n) is 1.37. The second-order valence-corrected chi connectivity index (χ2v) is 4.62. The van der Waals surface area contributed by atoms with Crippen LogP contribution >= 0.6 is 15.9 Å². The number of benzene rings is 1. The van der Waals surface area contributed by atoms with E-state index in [9.17, 15) is 9.90 Å². The Morgan fingerprint density at radius 3 is 2.71 bits per heavy atom. The molecule has 0 aromatic heterocycles. The first kappa shape index (κ1) is 13.9. The fourth-order valence-corrected chi connectivity index (χ4v) is 1.88. The third kappa shape index (κ3) is 3.68. The van der Waals surface area contributed by atoms with Crippen LogP contribution in [-0.4, -0.2) is 17.7 Å². The quantitative estimate of drug-likeness (QED) is 0.869. The highest BCUT2D eigenvalue weighted by molar-refractivity contribution is 9.10. The molecule has 1 atom stereocenters. The lowest BCUT2D eigenvalue weighted by Crippen LogP contribution is -2.15. The van der Waals surface area contributed by atoms with Gasteiger partial charge < -0.3 is 9.84 Å². The maximum Gasteiger partial charge on any atom is 0.339 e. The Hall–Kier alpha value is -1.13. The fraction of sp³-hybridized carbons (Fsp3) is 0.308. The minimum Gasteiger partial charge on any atom is -0.464 e. The Kier molecular flexibility index (Phi) is 4.90. The monoisotopic (exact) mass is 298 g/mol. The van der Waals surface area contributed by atoms with E-state index in [1.54, 1.807) is 19.1 Å². The van der Waals surface area contributed by atoms with Crippen molar-refractivity contribution in [2.45, 2.75) is 20.0 Å². The molecule has 3 nitrogen and oxygen atoms in total. The molecular formula is C13H15BrO3. The van der Waals surface area contributed by atoms with Crippen molar-refractivity contribution in [3.8, 4) is 0 Å². The summed E-state index contributed by atoms with van der Waals surface area (Å²) in [5.41, 5.74) is 2.23. The van der Waals surface area contributed by atoms with Gasteiger partial charge >= 0.3 is 5.97 Å². The average Bonchev–Trinajstić information content (AvgIpc) is 2.27. The lowest BCUT2D eigenvalue weighted by Gasteiger charge is -2.12. The molecule has 0 saturated heterocycles. The van der Waals surface area contributed by atoms with Gasteiger partial charge in [-0.2, -0.15) is 0 Å². The summed E-state index contributed by atoms with van der Waals surface area (Å²) >= 11 is 3.33. The van der Waals surface area contributed by atoms with Gasteiger partial charge in [-0.1, -0.05) is 28.1 Å². The molecule has 1 aromatic rings. The van der Waals surface area contributed by atoms with Crippen LogP contribution < -0.4 is 0 Å². The standard InChI is InChI=1S/C13H15BrO3/c1-4-17-13(16)12(15)10-5-9(8(2)3)6-11(14)7-10/h5-7,12,15H,2,4H2,1,3H3. The number of esters is 1. The molecule has 1 N–H and O–H groups in total. The summed E-state index contributed by atoms with van der Waals surface area (Å²) in [4.78, 5) is 11.4. The summed E-state index contributed by atoms with van der Waals surface area (Å²) in [6.45, 7) is 7.64. The van der Waals surface area contributed by atoms with Gasteiger partial charge in [0.25, 0.3) is 0 Å². The molecule has 0 spiro atoms. The first-order valence-electron chi connectivity index (χ1n) is 5.26. The number of hydrogen-bond donors (Lipinski definition) is 1. The third-order valence-corrected chi connectivity index (χ3v) is 2.70. The van der Waals surface area contributed by atoms with Crippen LogP contribution in [0.15, 0.2) is 29.3 Å². The summed E-state index contributed by atoms with van der Waals surface area (Å²) in [7, 11) is 0. The highest BCUT2D eigenvalue weighted by atomic mass is 79.9.